The number of amides is 1. The Morgan fingerprint density at radius 1 is 1.56 bits per heavy atom. The van der Waals surface area contributed by atoms with E-state index in [0.717, 1.165) is 12.2 Å². The molecule has 0 saturated carbocycles. The number of carbonyl (C=O) groups excluding carboxylic acids is 1. The summed E-state index contributed by atoms with van der Waals surface area (Å²) in [5.41, 5.74) is 5.50. The molecular weight excluding hydrogens is 220 g/mol. The van der Waals surface area contributed by atoms with Crippen LogP contribution in [0, 0.1) is 5.92 Å². The quantitative estimate of drug-likeness (QED) is 0.792. The fourth-order valence-corrected chi connectivity index (χ4v) is 2.94. The second kappa shape index (κ2) is 5.92. The summed E-state index contributed by atoms with van der Waals surface area (Å²) in [7, 11) is 0. The van der Waals surface area contributed by atoms with Gasteiger partial charge in [0.05, 0.1) is 10.8 Å². The number of hydrogen-bond acceptors (Lipinski definition) is 3. The summed E-state index contributed by atoms with van der Waals surface area (Å²) in [5.74, 6) is 1.64. The molecule has 0 radical (unpaired) electrons. The molecule has 2 atom stereocenters. The smallest absolute Gasteiger partial charge is 0.233 e. The highest BCUT2D eigenvalue weighted by atomic mass is 32.2. The van der Waals surface area contributed by atoms with E-state index in [-0.39, 0.29) is 16.7 Å². The maximum Gasteiger partial charge on any atom is 0.233 e. The van der Waals surface area contributed by atoms with Gasteiger partial charge in [-0.25, -0.2) is 0 Å². The molecule has 3 nitrogen and oxygen atoms in total. The SMILES string of the molecule is CC(C)C(C)(CN)NC(=O)C1CCCCS1. The molecule has 0 aliphatic carbocycles. The molecule has 1 aliphatic heterocycles. The largest absolute Gasteiger partial charge is 0.348 e. The van der Waals surface area contributed by atoms with Crippen molar-refractivity contribution in [3.63, 3.8) is 0 Å². The highest BCUT2D eigenvalue weighted by molar-refractivity contribution is 8.00. The van der Waals surface area contributed by atoms with Crippen LogP contribution in [-0.4, -0.2) is 29.0 Å². The van der Waals surface area contributed by atoms with E-state index >= 15 is 0 Å². The van der Waals surface area contributed by atoms with Crippen LogP contribution >= 0.6 is 11.8 Å². The Morgan fingerprint density at radius 2 is 2.25 bits per heavy atom. The van der Waals surface area contributed by atoms with E-state index in [2.05, 4.69) is 19.2 Å². The van der Waals surface area contributed by atoms with E-state index in [1.54, 1.807) is 11.8 Å². The predicted octanol–water partition coefficient (Wildman–Crippen LogP) is 1.76. The van der Waals surface area contributed by atoms with E-state index in [1.165, 1.54) is 12.8 Å². The number of hydrogen-bond donors (Lipinski definition) is 2. The minimum absolute atomic E-state index is 0.137. The first kappa shape index (κ1) is 13.8. The maximum absolute atomic E-state index is 12.1. The van der Waals surface area contributed by atoms with Crippen LogP contribution in [0.1, 0.15) is 40.0 Å². The zero-order valence-corrected chi connectivity index (χ0v) is 11.4. The molecule has 0 spiro atoms. The zero-order valence-electron chi connectivity index (χ0n) is 10.6. The average Bonchev–Trinajstić information content (AvgIpc) is 2.29. The Kier molecular flexibility index (Phi) is 5.12. The van der Waals surface area contributed by atoms with Crippen molar-refractivity contribution >= 4 is 17.7 Å². The second-order valence-electron chi connectivity index (χ2n) is 5.12. The summed E-state index contributed by atoms with van der Waals surface area (Å²) in [6.07, 6.45) is 3.42. The van der Waals surface area contributed by atoms with Crippen molar-refractivity contribution in [1.29, 1.82) is 0 Å². The van der Waals surface area contributed by atoms with Crippen LogP contribution in [0.5, 0.6) is 0 Å². The van der Waals surface area contributed by atoms with Crippen molar-refractivity contribution in [1.82, 2.24) is 5.32 Å². The van der Waals surface area contributed by atoms with Gasteiger partial charge < -0.3 is 11.1 Å². The molecule has 1 rings (SSSR count). The van der Waals surface area contributed by atoms with E-state index in [1.807, 2.05) is 6.92 Å². The number of nitrogens with two attached hydrogens (primary N) is 1. The number of rotatable bonds is 4. The Labute approximate surface area is 103 Å². The fraction of sp³-hybridized carbons (Fsp3) is 0.917. The average molecular weight is 244 g/mol. The van der Waals surface area contributed by atoms with Crippen molar-refractivity contribution in [2.45, 2.75) is 50.8 Å². The zero-order chi connectivity index (χ0) is 12.2. The molecule has 0 aromatic rings. The normalized spacial score (nSPS) is 25.2. The molecule has 1 aliphatic rings. The third-order valence-corrected chi connectivity index (χ3v) is 4.96. The molecule has 2 unspecified atom stereocenters. The summed E-state index contributed by atoms with van der Waals surface area (Å²) in [5, 5.41) is 3.26. The summed E-state index contributed by atoms with van der Waals surface area (Å²) in [6, 6.07) is 0. The lowest BCUT2D eigenvalue weighted by atomic mass is 9.88. The monoisotopic (exact) mass is 244 g/mol. The lowest BCUT2D eigenvalue weighted by molar-refractivity contribution is -0.122. The van der Waals surface area contributed by atoms with Crippen LogP contribution in [-0.2, 0) is 4.79 Å². The van der Waals surface area contributed by atoms with Gasteiger partial charge in [-0.3, -0.25) is 4.79 Å². The van der Waals surface area contributed by atoms with Crippen molar-refractivity contribution < 1.29 is 4.79 Å². The van der Waals surface area contributed by atoms with Crippen molar-refractivity contribution in [2.24, 2.45) is 11.7 Å². The first-order valence-electron chi connectivity index (χ1n) is 6.13. The van der Waals surface area contributed by atoms with Gasteiger partial charge in [-0.2, -0.15) is 0 Å². The lowest BCUT2D eigenvalue weighted by Crippen LogP contribution is -2.57. The third kappa shape index (κ3) is 3.39. The molecule has 0 bridgehead atoms. The molecule has 94 valence electrons. The number of nitrogens with one attached hydrogen (secondary N) is 1. The minimum atomic E-state index is -0.269. The van der Waals surface area contributed by atoms with E-state index in [0.29, 0.717) is 12.5 Å². The van der Waals surface area contributed by atoms with Gasteiger partial charge in [0.1, 0.15) is 0 Å². The van der Waals surface area contributed by atoms with Crippen molar-refractivity contribution in [3.05, 3.63) is 0 Å². The van der Waals surface area contributed by atoms with E-state index in [4.69, 9.17) is 5.73 Å². The Balaban J connectivity index is 2.54. The number of carbonyl (C=O) groups is 1. The van der Waals surface area contributed by atoms with Gasteiger partial charge in [0.25, 0.3) is 0 Å². The van der Waals surface area contributed by atoms with Gasteiger partial charge in [-0.15, -0.1) is 11.8 Å². The molecule has 1 amide bonds. The minimum Gasteiger partial charge on any atom is -0.348 e. The second-order valence-corrected chi connectivity index (χ2v) is 6.43. The third-order valence-electron chi connectivity index (χ3n) is 3.58. The molecule has 1 heterocycles. The highest BCUT2D eigenvalue weighted by Crippen LogP contribution is 2.26. The Morgan fingerprint density at radius 3 is 2.69 bits per heavy atom. The molecular formula is C12H24N2OS. The van der Waals surface area contributed by atoms with Gasteiger partial charge in [0, 0.05) is 6.54 Å². The van der Waals surface area contributed by atoms with Crippen molar-refractivity contribution in [3.8, 4) is 0 Å². The van der Waals surface area contributed by atoms with Gasteiger partial charge in [0.2, 0.25) is 5.91 Å². The summed E-state index contributed by atoms with van der Waals surface area (Å²) in [4.78, 5) is 12.1. The highest BCUT2D eigenvalue weighted by Gasteiger charge is 2.32. The van der Waals surface area contributed by atoms with E-state index < -0.39 is 0 Å². The Bertz CT molecular complexity index is 239. The van der Waals surface area contributed by atoms with Crippen LogP contribution in [0.15, 0.2) is 0 Å². The van der Waals surface area contributed by atoms with Gasteiger partial charge in [-0.1, -0.05) is 20.3 Å². The summed E-state index contributed by atoms with van der Waals surface area (Å²) >= 11 is 1.78. The van der Waals surface area contributed by atoms with Gasteiger partial charge in [0.15, 0.2) is 0 Å². The summed E-state index contributed by atoms with van der Waals surface area (Å²) < 4.78 is 0. The number of thioether (sulfide) groups is 1. The molecule has 16 heavy (non-hydrogen) atoms. The molecule has 1 saturated heterocycles. The lowest BCUT2D eigenvalue weighted by Gasteiger charge is -2.35. The van der Waals surface area contributed by atoms with Crippen molar-refractivity contribution in [2.75, 3.05) is 12.3 Å². The Hall–Kier alpha value is -0.220. The molecule has 4 heteroatoms. The van der Waals surface area contributed by atoms with E-state index in [9.17, 15) is 4.79 Å². The van der Waals surface area contributed by atoms with Crippen LogP contribution < -0.4 is 11.1 Å². The summed E-state index contributed by atoms with van der Waals surface area (Å²) in [6.45, 7) is 6.72. The van der Waals surface area contributed by atoms with Gasteiger partial charge in [-0.05, 0) is 31.4 Å². The molecule has 3 N–H and O–H groups in total. The van der Waals surface area contributed by atoms with Gasteiger partial charge >= 0.3 is 0 Å². The maximum atomic E-state index is 12.1. The molecule has 0 aromatic carbocycles. The first-order valence-corrected chi connectivity index (χ1v) is 7.18. The molecule has 1 fully saturated rings. The molecule has 0 aromatic heterocycles. The fourth-order valence-electron chi connectivity index (χ4n) is 1.74. The first-order chi connectivity index (χ1) is 7.49. The van der Waals surface area contributed by atoms with Crippen LogP contribution in [0.3, 0.4) is 0 Å². The van der Waals surface area contributed by atoms with Crippen LogP contribution in [0.25, 0.3) is 0 Å². The topological polar surface area (TPSA) is 55.1 Å². The predicted molar refractivity (Wildman–Crippen MR) is 70.5 cm³/mol. The van der Waals surface area contributed by atoms with Crippen LogP contribution in [0.4, 0.5) is 0 Å². The van der Waals surface area contributed by atoms with Crippen LogP contribution in [0.2, 0.25) is 0 Å². The standard InChI is InChI=1S/C12H24N2OS/c1-9(2)12(3,8-13)14-11(15)10-6-4-5-7-16-10/h9-10H,4-8,13H2,1-3H3,(H,14,15).